The third kappa shape index (κ3) is 2.84. The van der Waals surface area contributed by atoms with E-state index in [4.69, 9.17) is 0 Å². The second-order valence-electron chi connectivity index (χ2n) is 8.66. The van der Waals surface area contributed by atoms with Crippen LogP contribution in [-0.4, -0.2) is 51.8 Å². The van der Waals surface area contributed by atoms with Crippen LogP contribution in [0.4, 0.5) is 0 Å². The zero-order valence-electron chi connectivity index (χ0n) is 16.1. The van der Waals surface area contributed by atoms with Crippen LogP contribution in [0.1, 0.15) is 53.7 Å². The highest BCUT2D eigenvalue weighted by atomic mass is 16.2. The lowest BCUT2D eigenvalue weighted by Gasteiger charge is -2.47. The van der Waals surface area contributed by atoms with Crippen molar-refractivity contribution in [1.29, 1.82) is 0 Å². The van der Waals surface area contributed by atoms with Crippen molar-refractivity contribution in [3.63, 3.8) is 0 Å². The Labute approximate surface area is 159 Å². The fraction of sp³-hybridized carbons (Fsp3) is 0.545. The predicted octanol–water partition coefficient (Wildman–Crippen LogP) is 3.40. The number of likely N-dealkylation sites (tertiary alicyclic amines) is 2. The normalized spacial score (nSPS) is 25.8. The van der Waals surface area contributed by atoms with Crippen molar-refractivity contribution < 1.29 is 9.59 Å². The van der Waals surface area contributed by atoms with Crippen LogP contribution in [0.3, 0.4) is 0 Å². The van der Waals surface area contributed by atoms with E-state index in [-0.39, 0.29) is 5.91 Å². The number of nitrogens with zero attached hydrogens (tertiary/aromatic N) is 2. The van der Waals surface area contributed by atoms with Gasteiger partial charge in [0.2, 0.25) is 5.91 Å². The monoisotopic (exact) mass is 365 g/mol. The van der Waals surface area contributed by atoms with E-state index in [1.54, 1.807) is 0 Å². The topological polar surface area (TPSA) is 56.4 Å². The lowest BCUT2D eigenvalue weighted by Crippen LogP contribution is -2.57. The third-order valence-corrected chi connectivity index (χ3v) is 6.62. The van der Waals surface area contributed by atoms with Crippen LogP contribution in [-0.2, 0) is 4.79 Å². The molecule has 142 valence electrons. The summed E-state index contributed by atoms with van der Waals surface area (Å²) in [7, 11) is 0. The smallest absolute Gasteiger partial charge is 0.270 e. The van der Waals surface area contributed by atoms with Crippen molar-refractivity contribution in [3.8, 4) is 0 Å². The number of carbonyl (C=O) groups excluding carboxylic acids is 2. The van der Waals surface area contributed by atoms with E-state index in [0.29, 0.717) is 36.0 Å². The van der Waals surface area contributed by atoms with Crippen LogP contribution in [0.25, 0.3) is 10.9 Å². The third-order valence-electron chi connectivity index (χ3n) is 6.62. The molecule has 2 amide bonds. The van der Waals surface area contributed by atoms with Crippen molar-refractivity contribution >= 4 is 22.7 Å². The van der Waals surface area contributed by atoms with Crippen LogP contribution in [0, 0.1) is 19.8 Å². The number of amides is 2. The number of piperidine rings is 2. The van der Waals surface area contributed by atoms with Crippen molar-refractivity contribution in [2.45, 2.75) is 58.0 Å². The molecule has 1 aromatic heterocycles. The van der Waals surface area contributed by atoms with Gasteiger partial charge >= 0.3 is 0 Å². The molecule has 3 fully saturated rings. The lowest BCUT2D eigenvalue weighted by molar-refractivity contribution is -0.141. The molecule has 2 unspecified atom stereocenters. The molecule has 3 aliphatic rings. The van der Waals surface area contributed by atoms with Crippen LogP contribution in [0.2, 0.25) is 0 Å². The zero-order valence-corrected chi connectivity index (χ0v) is 16.1. The highest BCUT2D eigenvalue weighted by molar-refractivity contribution is 5.99. The molecule has 1 N–H and O–H groups in total. The SMILES string of the molecule is Cc1cc(C)c2cc(C(=O)N3CCC4C(CCC(=O)N4C4CC4)C3)[nH]c2c1. The highest BCUT2D eigenvalue weighted by Crippen LogP contribution is 2.39. The van der Waals surface area contributed by atoms with Gasteiger partial charge in [0.1, 0.15) is 5.69 Å². The first-order valence-electron chi connectivity index (χ1n) is 10.2. The molecule has 0 radical (unpaired) electrons. The number of aryl methyl sites for hydroxylation is 2. The van der Waals surface area contributed by atoms with Gasteiger partial charge in [0.05, 0.1) is 0 Å². The summed E-state index contributed by atoms with van der Waals surface area (Å²) in [6, 6.07) is 7.08. The minimum absolute atomic E-state index is 0.0941. The first-order valence-corrected chi connectivity index (χ1v) is 10.2. The Morgan fingerprint density at radius 1 is 1.11 bits per heavy atom. The largest absolute Gasteiger partial charge is 0.351 e. The zero-order chi connectivity index (χ0) is 18.7. The number of rotatable bonds is 2. The number of aromatic nitrogens is 1. The van der Waals surface area contributed by atoms with Gasteiger partial charge in [-0.1, -0.05) is 6.07 Å². The molecule has 2 aromatic rings. The van der Waals surface area contributed by atoms with Gasteiger partial charge in [-0.25, -0.2) is 0 Å². The van der Waals surface area contributed by atoms with Crippen LogP contribution in [0.15, 0.2) is 18.2 Å². The maximum absolute atomic E-state index is 13.1. The Bertz CT molecular complexity index is 927. The van der Waals surface area contributed by atoms with Gasteiger partial charge in [0.15, 0.2) is 0 Å². The summed E-state index contributed by atoms with van der Waals surface area (Å²) < 4.78 is 0. The summed E-state index contributed by atoms with van der Waals surface area (Å²) >= 11 is 0. The summed E-state index contributed by atoms with van der Waals surface area (Å²) in [5, 5.41) is 1.13. The van der Waals surface area contributed by atoms with Gasteiger partial charge in [-0.3, -0.25) is 9.59 Å². The first-order chi connectivity index (χ1) is 13.0. The Kier molecular flexibility index (Phi) is 3.81. The number of hydrogen-bond acceptors (Lipinski definition) is 2. The number of aromatic amines is 1. The highest BCUT2D eigenvalue weighted by Gasteiger charge is 2.45. The van der Waals surface area contributed by atoms with Gasteiger partial charge < -0.3 is 14.8 Å². The molecule has 3 heterocycles. The van der Waals surface area contributed by atoms with E-state index < -0.39 is 0 Å². The van der Waals surface area contributed by atoms with Crippen molar-refractivity contribution in [3.05, 3.63) is 35.0 Å². The first kappa shape index (κ1) is 16.8. The molecule has 1 aromatic carbocycles. The van der Waals surface area contributed by atoms with E-state index in [9.17, 15) is 9.59 Å². The number of fused-ring (bicyclic) bond motifs is 2. The molecule has 2 atom stereocenters. The van der Waals surface area contributed by atoms with Gasteiger partial charge in [0.25, 0.3) is 5.91 Å². The van der Waals surface area contributed by atoms with Gasteiger partial charge in [-0.15, -0.1) is 0 Å². The van der Waals surface area contributed by atoms with Gasteiger partial charge in [0, 0.05) is 42.5 Å². The number of carbonyl (C=O) groups is 2. The van der Waals surface area contributed by atoms with Crippen molar-refractivity contribution in [2.75, 3.05) is 13.1 Å². The Balaban J connectivity index is 1.36. The molecule has 27 heavy (non-hydrogen) atoms. The number of H-pyrrole nitrogens is 1. The molecule has 5 nitrogen and oxygen atoms in total. The second kappa shape index (κ2) is 6.11. The molecular formula is C22H27N3O2. The fourth-order valence-electron chi connectivity index (χ4n) is 5.19. The number of hydrogen-bond donors (Lipinski definition) is 1. The minimum atomic E-state index is 0.0941. The Morgan fingerprint density at radius 3 is 2.70 bits per heavy atom. The van der Waals surface area contributed by atoms with E-state index in [2.05, 4.69) is 35.9 Å². The molecule has 5 heteroatoms. The average Bonchev–Trinajstić information content (AvgIpc) is 3.38. The van der Waals surface area contributed by atoms with Crippen molar-refractivity contribution in [2.24, 2.45) is 5.92 Å². The molecule has 1 saturated carbocycles. The summed E-state index contributed by atoms with van der Waals surface area (Å²) in [5.41, 5.74) is 4.12. The average molecular weight is 365 g/mol. The molecule has 1 aliphatic carbocycles. The van der Waals surface area contributed by atoms with Gasteiger partial charge in [-0.05, 0) is 68.7 Å². The van der Waals surface area contributed by atoms with E-state index >= 15 is 0 Å². The Hall–Kier alpha value is -2.30. The molecule has 0 spiro atoms. The maximum atomic E-state index is 13.1. The predicted molar refractivity (Wildman–Crippen MR) is 105 cm³/mol. The molecule has 0 bridgehead atoms. The molecule has 2 aliphatic heterocycles. The van der Waals surface area contributed by atoms with E-state index in [0.717, 1.165) is 49.7 Å². The molecule has 2 saturated heterocycles. The fourth-order valence-corrected chi connectivity index (χ4v) is 5.19. The lowest BCUT2D eigenvalue weighted by atomic mass is 9.83. The molecule has 5 rings (SSSR count). The van der Waals surface area contributed by atoms with E-state index in [1.807, 2.05) is 11.0 Å². The number of nitrogens with one attached hydrogen (secondary N) is 1. The minimum Gasteiger partial charge on any atom is -0.351 e. The standard InChI is InChI=1S/C22H27N3O2/c1-13-9-14(2)17-11-19(23-18(17)10-13)22(27)24-8-7-20-15(12-24)3-6-21(26)25(20)16-4-5-16/h9-11,15-16,20,23H,3-8,12H2,1-2H3. The summed E-state index contributed by atoms with van der Waals surface area (Å²) in [6.45, 7) is 5.68. The second-order valence-corrected chi connectivity index (χ2v) is 8.66. The van der Waals surface area contributed by atoms with Crippen LogP contribution < -0.4 is 0 Å². The summed E-state index contributed by atoms with van der Waals surface area (Å²) in [4.78, 5) is 33.0. The van der Waals surface area contributed by atoms with E-state index in [1.165, 1.54) is 11.1 Å². The maximum Gasteiger partial charge on any atom is 0.270 e. The van der Waals surface area contributed by atoms with Crippen LogP contribution >= 0.6 is 0 Å². The van der Waals surface area contributed by atoms with Crippen LogP contribution in [0.5, 0.6) is 0 Å². The number of benzene rings is 1. The summed E-state index contributed by atoms with van der Waals surface area (Å²) in [6.07, 6.45) is 4.79. The summed E-state index contributed by atoms with van der Waals surface area (Å²) in [5.74, 6) is 0.853. The Morgan fingerprint density at radius 2 is 1.93 bits per heavy atom. The molecular weight excluding hydrogens is 338 g/mol. The van der Waals surface area contributed by atoms with Crippen molar-refractivity contribution in [1.82, 2.24) is 14.8 Å². The quantitative estimate of drug-likeness (QED) is 0.887. The van der Waals surface area contributed by atoms with Gasteiger partial charge in [-0.2, -0.15) is 0 Å².